The lowest BCUT2D eigenvalue weighted by molar-refractivity contribution is -0.121. The number of Topliss-reactive ketones (excluding diaryl/α,β-unsaturated/α-hetero) is 2. The number of nitrogens with one attached hydrogen (secondary N) is 1. The number of carbonyl (C=O) groups excluding carboxylic acids is 3. The highest BCUT2D eigenvalue weighted by Crippen LogP contribution is 2.30. The molecule has 1 fully saturated rings. The first-order valence-corrected chi connectivity index (χ1v) is 11.4. The van der Waals surface area contributed by atoms with Gasteiger partial charge in [-0.15, -0.1) is 0 Å². The standard InChI is InChI=1S/C27H28N2O5/c1-16-21(24(31)26(34-3)25(33-2)23(16)30)14-17-8-9-20(18-10-12-28-13-11-18)22(15-17)27(32)29-19-6-4-5-7-19/h8-13,15,19H,4-7,14H2,1-3H3,(H,29,32). The molecule has 0 saturated heterocycles. The van der Waals surface area contributed by atoms with Gasteiger partial charge in [-0.05, 0) is 54.7 Å². The predicted molar refractivity (Wildman–Crippen MR) is 127 cm³/mol. The number of pyridine rings is 1. The maximum Gasteiger partial charge on any atom is 0.252 e. The molecule has 0 atom stereocenters. The number of hydrogen-bond acceptors (Lipinski definition) is 6. The van der Waals surface area contributed by atoms with Gasteiger partial charge in [0.2, 0.25) is 23.1 Å². The number of rotatable bonds is 7. The number of ketones is 2. The number of nitrogens with zero attached hydrogens (tertiary/aromatic N) is 1. The van der Waals surface area contributed by atoms with Gasteiger partial charge in [0.25, 0.3) is 5.91 Å². The summed E-state index contributed by atoms with van der Waals surface area (Å²) < 4.78 is 10.3. The molecule has 0 unspecified atom stereocenters. The van der Waals surface area contributed by atoms with Gasteiger partial charge in [-0.25, -0.2) is 0 Å². The van der Waals surface area contributed by atoms with Gasteiger partial charge in [0.15, 0.2) is 0 Å². The summed E-state index contributed by atoms with van der Waals surface area (Å²) in [5, 5.41) is 3.16. The third-order valence-corrected chi connectivity index (χ3v) is 6.49. The van der Waals surface area contributed by atoms with Crippen LogP contribution in [-0.4, -0.2) is 42.7 Å². The van der Waals surface area contributed by atoms with E-state index in [-0.39, 0.29) is 41.5 Å². The number of methoxy groups -OCH3 is 2. The Hall–Kier alpha value is -3.74. The highest BCUT2D eigenvalue weighted by atomic mass is 16.5. The molecule has 34 heavy (non-hydrogen) atoms. The fourth-order valence-corrected chi connectivity index (χ4v) is 4.61. The molecule has 0 spiro atoms. The number of aromatic nitrogens is 1. The fraction of sp³-hybridized carbons (Fsp3) is 0.333. The molecule has 1 heterocycles. The zero-order valence-corrected chi connectivity index (χ0v) is 19.6. The van der Waals surface area contributed by atoms with Gasteiger partial charge in [-0.2, -0.15) is 0 Å². The minimum absolute atomic E-state index is 0.0848. The van der Waals surface area contributed by atoms with E-state index in [9.17, 15) is 14.4 Å². The Bertz CT molecular complexity index is 1190. The molecule has 2 aromatic rings. The lowest BCUT2D eigenvalue weighted by Gasteiger charge is -2.21. The molecule has 1 saturated carbocycles. The van der Waals surface area contributed by atoms with Gasteiger partial charge in [0, 0.05) is 41.6 Å². The first-order chi connectivity index (χ1) is 16.4. The van der Waals surface area contributed by atoms with E-state index in [0.29, 0.717) is 16.7 Å². The summed E-state index contributed by atoms with van der Waals surface area (Å²) in [5.41, 5.74) is 3.60. The van der Waals surface area contributed by atoms with Gasteiger partial charge in [0.05, 0.1) is 14.2 Å². The van der Waals surface area contributed by atoms with E-state index in [1.54, 1.807) is 25.4 Å². The quantitative estimate of drug-likeness (QED) is 0.629. The Kier molecular flexibility index (Phi) is 6.91. The Morgan fingerprint density at radius 2 is 1.65 bits per heavy atom. The number of ether oxygens (including phenoxy) is 2. The molecule has 1 aromatic carbocycles. The van der Waals surface area contributed by atoms with Gasteiger partial charge < -0.3 is 14.8 Å². The van der Waals surface area contributed by atoms with Crippen LogP contribution in [0.25, 0.3) is 11.1 Å². The van der Waals surface area contributed by atoms with E-state index in [1.165, 1.54) is 14.2 Å². The van der Waals surface area contributed by atoms with Crippen LogP contribution < -0.4 is 5.32 Å². The highest BCUT2D eigenvalue weighted by molar-refractivity contribution is 6.23. The Morgan fingerprint density at radius 3 is 2.29 bits per heavy atom. The van der Waals surface area contributed by atoms with Crippen molar-refractivity contribution in [2.24, 2.45) is 0 Å². The number of amides is 1. The van der Waals surface area contributed by atoms with Crippen LogP contribution in [0.15, 0.2) is 65.4 Å². The Morgan fingerprint density at radius 1 is 1.00 bits per heavy atom. The zero-order chi connectivity index (χ0) is 24.2. The van der Waals surface area contributed by atoms with Crippen LogP contribution in [0.2, 0.25) is 0 Å². The van der Waals surface area contributed by atoms with Crippen molar-refractivity contribution in [3.05, 3.63) is 76.5 Å². The average Bonchev–Trinajstić information content (AvgIpc) is 3.37. The van der Waals surface area contributed by atoms with Crippen molar-refractivity contribution < 1.29 is 23.9 Å². The maximum atomic E-state index is 13.3. The predicted octanol–water partition coefficient (Wildman–Crippen LogP) is 3.94. The van der Waals surface area contributed by atoms with E-state index in [4.69, 9.17) is 9.47 Å². The SMILES string of the molecule is COC1=C(OC)C(=O)C(Cc2ccc(-c3ccncc3)c(C(=O)NC3CCCC3)c2)=C(C)C1=O. The first-order valence-electron chi connectivity index (χ1n) is 11.4. The highest BCUT2D eigenvalue weighted by Gasteiger charge is 2.34. The summed E-state index contributed by atoms with van der Waals surface area (Å²) >= 11 is 0. The summed E-state index contributed by atoms with van der Waals surface area (Å²) in [7, 11) is 2.68. The van der Waals surface area contributed by atoms with Crippen LogP contribution in [0.1, 0.15) is 48.5 Å². The van der Waals surface area contributed by atoms with Crippen molar-refractivity contribution >= 4 is 17.5 Å². The Labute approximate surface area is 198 Å². The Balaban J connectivity index is 1.70. The van der Waals surface area contributed by atoms with E-state index >= 15 is 0 Å². The minimum Gasteiger partial charge on any atom is -0.489 e. The van der Waals surface area contributed by atoms with E-state index in [2.05, 4.69) is 10.3 Å². The van der Waals surface area contributed by atoms with Crippen LogP contribution in [-0.2, 0) is 25.5 Å². The van der Waals surface area contributed by atoms with Gasteiger partial charge in [0.1, 0.15) is 0 Å². The normalized spacial score (nSPS) is 16.8. The zero-order valence-electron chi connectivity index (χ0n) is 19.6. The van der Waals surface area contributed by atoms with Crippen LogP contribution in [0.5, 0.6) is 0 Å². The van der Waals surface area contributed by atoms with Crippen molar-refractivity contribution in [3.63, 3.8) is 0 Å². The number of allylic oxidation sites excluding steroid dienone is 2. The largest absolute Gasteiger partial charge is 0.489 e. The number of carbonyl (C=O) groups is 3. The molecule has 1 aromatic heterocycles. The summed E-state index contributed by atoms with van der Waals surface area (Å²) in [4.78, 5) is 43.2. The first kappa shape index (κ1) is 23.4. The molecule has 7 nitrogen and oxygen atoms in total. The smallest absolute Gasteiger partial charge is 0.252 e. The van der Waals surface area contributed by atoms with E-state index < -0.39 is 0 Å². The van der Waals surface area contributed by atoms with Crippen molar-refractivity contribution in [1.82, 2.24) is 10.3 Å². The van der Waals surface area contributed by atoms with Crippen molar-refractivity contribution in [2.75, 3.05) is 14.2 Å². The van der Waals surface area contributed by atoms with Gasteiger partial charge in [-0.3, -0.25) is 19.4 Å². The van der Waals surface area contributed by atoms with Crippen molar-refractivity contribution in [3.8, 4) is 11.1 Å². The maximum absolute atomic E-state index is 13.3. The monoisotopic (exact) mass is 460 g/mol. The number of hydrogen-bond donors (Lipinski definition) is 1. The molecule has 2 aliphatic carbocycles. The second-order valence-electron chi connectivity index (χ2n) is 8.58. The molecule has 0 aliphatic heterocycles. The molecule has 1 amide bonds. The number of benzene rings is 1. The second kappa shape index (κ2) is 10.0. The summed E-state index contributed by atoms with van der Waals surface area (Å²) in [5.74, 6) is -1.08. The summed E-state index contributed by atoms with van der Waals surface area (Å²) in [6.07, 6.45) is 7.76. The van der Waals surface area contributed by atoms with E-state index in [1.807, 2.05) is 24.3 Å². The molecule has 1 N–H and O–H groups in total. The van der Waals surface area contributed by atoms with Gasteiger partial charge in [-0.1, -0.05) is 25.0 Å². The average molecular weight is 461 g/mol. The fourth-order valence-electron chi connectivity index (χ4n) is 4.61. The van der Waals surface area contributed by atoms with Crippen molar-refractivity contribution in [2.45, 2.75) is 45.1 Å². The lowest BCUT2D eigenvalue weighted by atomic mass is 9.87. The molecular weight excluding hydrogens is 432 g/mol. The summed E-state index contributed by atoms with van der Waals surface area (Å²) in [6.45, 7) is 1.61. The molecule has 0 bridgehead atoms. The molecule has 0 radical (unpaired) electrons. The topological polar surface area (TPSA) is 94.6 Å². The molecule has 7 heteroatoms. The van der Waals surface area contributed by atoms with Crippen LogP contribution in [0.3, 0.4) is 0 Å². The van der Waals surface area contributed by atoms with Gasteiger partial charge >= 0.3 is 0 Å². The molecule has 4 rings (SSSR count). The van der Waals surface area contributed by atoms with Crippen LogP contribution >= 0.6 is 0 Å². The minimum atomic E-state index is -0.383. The molecule has 176 valence electrons. The molecular formula is C27H28N2O5. The summed E-state index contributed by atoms with van der Waals surface area (Å²) in [6, 6.07) is 9.46. The van der Waals surface area contributed by atoms with Crippen molar-refractivity contribution in [1.29, 1.82) is 0 Å². The second-order valence-corrected chi connectivity index (χ2v) is 8.58. The lowest BCUT2D eigenvalue weighted by Crippen LogP contribution is -2.33. The molecule has 2 aliphatic rings. The third-order valence-electron chi connectivity index (χ3n) is 6.49. The van der Waals surface area contributed by atoms with E-state index in [0.717, 1.165) is 42.4 Å². The van der Waals surface area contributed by atoms with Crippen LogP contribution in [0, 0.1) is 0 Å². The van der Waals surface area contributed by atoms with Crippen LogP contribution in [0.4, 0.5) is 0 Å². The third kappa shape index (κ3) is 4.51.